The average Bonchev–Trinajstić information content (AvgIpc) is 2.94. The molecule has 0 spiro atoms. The van der Waals surface area contributed by atoms with Crippen molar-refractivity contribution >= 4 is 11.7 Å². The second kappa shape index (κ2) is 11.0. The molecule has 6 nitrogen and oxygen atoms in total. The largest absolute Gasteiger partial charge is 0.474 e. The first kappa shape index (κ1) is 22.2. The maximum Gasteiger partial charge on any atom is 0.233 e. The molecule has 4 N–H and O–H groups in total. The van der Waals surface area contributed by atoms with E-state index in [0.29, 0.717) is 17.3 Å². The first-order chi connectivity index (χ1) is 12.3. The number of ether oxygens (including phenoxy) is 1. The lowest BCUT2D eigenvalue weighted by molar-refractivity contribution is 0.225. The van der Waals surface area contributed by atoms with Gasteiger partial charge in [0.05, 0.1) is 6.10 Å². The molecule has 26 heavy (non-hydrogen) atoms. The number of amidine groups is 1. The monoisotopic (exact) mass is 363 g/mol. The Hall–Kier alpha value is -1.85. The van der Waals surface area contributed by atoms with Gasteiger partial charge in [0.25, 0.3) is 0 Å². The van der Waals surface area contributed by atoms with Gasteiger partial charge in [-0.3, -0.25) is 10.8 Å². The van der Waals surface area contributed by atoms with Crippen molar-refractivity contribution in [1.82, 2.24) is 9.55 Å². The second-order valence-corrected chi connectivity index (χ2v) is 7.27. The average molecular weight is 364 g/mol. The van der Waals surface area contributed by atoms with E-state index in [1.165, 1.54) is 12.8 Å². The highest BCUT2D eigenvalue weighted by Gasteiger charge is 2.25. The van der Waals surface area contributed by atoms with E-state index >= 15 is 0 Å². The van der Waals surface area contributed by atoms with Crippen molar-refractivity contribution in [3.63, 3.8) is 0 Å². The lowest BCUT2D eigenvalue weighted by atomic mass is 9.99. The number of nitrogens with one attached hydrogen (secondary N) is 2. The summed E-state index contributed by atoms with van der Waals surface area (Å²) < 4.78 is 7.75. The molecule has 0 fully saturated rings. The van der Waals surface area contributed by atoms with Gasteiger partial charge in [0.2, 0.25) is 5.90 Å². The zero-order valence-corrected chi connectivity index (χ0v) is 17.2. The predicted octanol–water partition coefficient (Wildman–Crippen LogP) is 4.48. The molecule has 1 aromatic rings. The van der Waals surface area contributed by atoms with Crippen LogP contribution in [-0.4, -0.2) is 27.4 Å². The van der Waals surface area contributed by atoms with E-state index in [4.69, 9.17) is 21.3 Å². The van der Waals surface area contributed by atoms with Crippen molar-refractivity contribution < 1.29 is 4.74 Å². The van der Waals surface area contributed by atoms with Crippen LogP contribution in [0, 0.1) is 16.7 Å². The first-order valence-electron chi connectivity index (χ1n) is 10.0. The van der Waals surface area contributed by atoms with E-state index < -0.39 is 0 Å². The summed E-state index contributed by atoms with van der Waals surface area (Å²) in [7, 11) is 0. The van der Waals surface area contributed by atoms with Gasteiger partial charge in [-0.25, -0.2) is 4.98 Å². The van der Waals surface area contributed by atoms with Crippen LogP contribution < -0.4 is 5.73 Å². The lowest BCUT2D eigenvalue weighted by Crippen LogP contribution is -2.24. The number of nitrogen functional groups attached to an aromatic ring is 1. The lowest BCUT2D eigenvalue weighted by Gasteiger charge is -2.20. The van der Waals surface area contributed by atoms with E-state index in [1.54, 1.807) is 0 Å². The summed E-state index contributed by atoms with van der Waals surface area (Å²) in [5, 5.41) is 16.4. The number of hydrogen-bond donors (Lipinski definition) is 3. The molecule has 0 saturated carbocycles. The van der Waals surface area contributed by atoms with Gasteiger partial charge < -0.3 is 15.0 Å². The standard InChI is InChI=1S/C20H37N5O/c1-6-9-11-15(8-3)13-25-16(12-10-7-2)24-17(19(21)22)18(25)20(23)26-14(4)5/h14-15,23H,6-13H2,1-5H3,(H3,21,22). The van der Waals surface area contributed by atoms with E-state index in [-0.39, 0.29) is 17.8 Å². The summed E-state index contributed by atoms with van der Waals surface area (Å²) in [6, 6.07) is 0. The fourth-order valence-electron chi connectivity index (χ4n) is 3.11. The Kier molecular flexibility index (Phi) is 9.38. The van der Waals surface area contributed by atoms with Crippen LogP contribution in [0.15, 0.2) is 0 Å². The molecular weight excluding hydrogens is 326 g/mol. The van der Waals surface area contributed by atoms with Crippen LogP contribution in [0.5, 0.6) is 0 Å². The van der Waals surface area contributed by atoms with Crippen molar-refractivity contribution in [3.8, 4) is 0 Å². The molecule has 0 radical (unpaired) electrons. The van der Waals surface area contributed by atoms with Crippen molar-refractivity contribution in [2.45, 2.75) is 92.2 Å². The number of rotatable bonds is 12. The number of aryl methyl sites for hydroxylation is 1. The minimum Gasteiger partial charge on any atom is -0.474 e. The summed E-state index contributed by atoms with van der Waals surface area (Å²) in [5.74, 6) is 1.40. The smallest absolute Gasteiger partial charge is 0.233 e. The SMILES string of the molecule is CCCCc1nc(C(=N)N)c(C(=N)OC(C)C)n1CC(CC)CCCC. The molecule has 1 unspecified atom stereocenters. The van der Waals surface area contributed by atoms with E-state index in [1.807, 2.05) is 13.8 Å². The van der Waals surface area contributed by atoms with Gasteiger partial charge in [-0.15, -0.1) is 0 Å². The van der Waals surface area contributed by atoms with Gasteiger partial charge in [-0.05, 0) is 32.6 Å². The molecule has 0 saturated heterocycles. The van der Waals surface area contributed by atoms with Crippen LogP contribution in [-0.2, 0) is 17.7 Å². The van der Waals surface area contributed by atoms with Gasteiger partial charge in [-0.1, -0.05) is 46.5 Å². The number of imidazole rings is 1. The van der Waals surface area contributed by atoms with Crippen LogP contribution in [0.25, 0.3) is 0 Å². The van der Waals surface area contributed by atoms with Gasteiger partial charge in [0.15, 0.2) is 0 Å². The third-order valence-corrected chi connectivity index (χ3v) is 4.61. The molecule has 0 aliphatic heterocycles. The normalized spacial score (nSPS) is 12.4. The molecule has 0 amide bonds. The molecule has 0 aromatic carbocycles. The zero-order chi connectivity index (χ0) is 19.7. The highest BCUT2D eigenvalue weighted by molar-refractivity contribution is 6.04. The Morgan fingerprint density at radius 2 is 1.81 bits per heavy atom. The highest BCUT2D eigenvalue weighted by Crippen LogP contribution is 2.22. The summed E-state index contributed by atoms with van der Waals surface area (Å²) >= 11 is 0. The van der Waals surface area contributed by atoms with E-state index in [2.05, 4.69) is 30.3 Å². The van der Waals surface area contributed by atoms with E-state index in [9.17, 15) is 0 Å². The number of unbranched alkanes of at least 4 members (excludes halogenated alkanes) is 2. The Bertz CT molecular complexity index is 591. The van der Waals surface area contributed by atoms with Crippen molar-refractivity contribution in [3.05, 3.63) is 17.2 Å². The number of hydrogen-bond acceptors (Lipinski definition) is 4. The van der Waals surface area contributed by atoms with Crippen molar-refractivity contribution in [2.24, 2.45) is 11.7 Å². The molecule has 0 bridgehead atoms. The van der Waals surface area contributed by atoms with Crippen molar-refractivity contribution in [2.75, 3.05) is 0 Å². The third kappa shape index (κ3) is 6.15. The predicted molar refractivity (Wildman–Crippen MR) is 108 cm³/mol. The molecular formula is C20H37N5O. The maximum atomic E-state index is 8.43. The van der Waals surface area contributed by atoms with Crippen LogP contribution in [0.3, 0.4) is 0 Å². The maximum absolute atomic E-state index is 8.43. The minimum absolute atomic E-state index is 0.0609. The Balaban J connectivity index is 3.33. The van der Waals surface area contributed by atoms with Gasteiger partial charge >= 0.3 is 0 Å². The molecule has 0 aliphatic rings. The van der Waals surface area contributed by atoms with Gasteiger partial charge in [0.1, 0.15) is 23.0 Å². The number of aromatic nitrogens is 2. The summed E-state index contributed by atoms with van der Waals surface area (Å²) in [5.41, 5.74) is 6.74. The van der Waals surface area contributed by atoms with Gasteiger partial charge in [-0.2, -0.15) is 0 Å². The van der Waals surface area contributed by atoms with Gasteiger partial charge in [0, 0.05) is 13.0 Å². The number of nitrogens with two attached hydrogens (primary N) is 1. The van der Waals surface area contributed by atoms with Crippen molar-refractivity contribution in [1.29, 1.82) is 10.8 Å². The topological polar surface area (TPSA) is 101 Å². The zero-order valence-electron chi connectivity index (χ0n) is 17.2. The quantitative estimate of drug-likeness (QED) is 0.377. The highest BCUT2D eigenvalue weighted by atomic mass is 16.5. The summed E-state index contributed by atoms with van der Waals surface area (Å²) in [6.45, 7) is 11.2. The number of nitrogens with zero attached hydrogens (tertiary/aromatic N) is 2. The molecule has 1 rings (SSSR count). The fraction of sp³-hybridized carbons (Fsp3) is 0.750. The Labute approximate surface area is 158 Å². The summed E-state index contributed by atoms with van der Waals surface area (Å²) in [4.78, 5) is 4.64. The van der Waals surface area contributed by atoms with Crippen LogP contribution in [0.4, 0.5) is 0 Å². The second-order valence-electron chi connectivity index (χ2n) is 7.27. The minimum atomic E-state index is -0.105. The molecule has 1 atom stereocenters. The van der Waals surface area contributed by atoms with E-state index in [0.717, 1.165) is 44.5 Å². The summed E-state index contributed by atoms with van der Waals surface area (Å²) in [6.07, 6.45) is 7.45. The molecule has 1 aromatic heterocycles. The first-order valence-corrected chi connectivity index (χ1v) is 10.0. The van der Waals surface area contributed by atoms with Crippen LogP contribution in [0.2, 0.25) is 0 Å². The molecule has 6 heteroatoms. The third-order valence-electron chi connectivity index (χ3n) is 4.61. The Morgan fingerprint density at radius 3 is 2.31 bits per heavy atom. The Morgan fingerprint density at radius 1 is 1.15 bits per heavy atom. The molecule has 148 valence electrons. The molecule has 1 heterocycles. The van der Waals surface area contributed by atoms with Crippen LogP contribution >= 0.6 is 0 Å². The fourth-order valence-corrected chi connectivity index (χ4v) is 3.11. The van der Waals surface area contributed by atoms with Crippen LogP contribution in [0.1, 0.15) is 90.4 Å². The molecule has 0 aliphatic carbocycles.